The largest absolute Gasteiger partial charge is 0.482 e. The van der Waals surface area contributed by atoms with Crippen molar-refractivity contribution in [2.45, 2.75) is 19.4 Å². The van der Waals surface area contributed by atoms with Crippen molar-refractivity contribution in [1.82, 2.24) is 9.21 Å². The number of carbonyl (C=O) groups excluding carboxylic acids is 1. The van der Waals surface area contributed by atoms with E-state index in [0.29, 0.717) is 25.3 Å². The SMILES string of the molecule is CN(Cc1ccc(OCC(=O)O)cc1)C(=O)CCN1CCCS1(=O)=O. The van der Waals surface area contributed by atoms with E-state index in [2.05, 4.69) is 0 Å². The Hall–Kier alpha value is -2.13. The summed E-state index contributed by atoms with van der Waals surface area (Å²) in [6.07, 6.45) is 0.762. The van der Waals surface area contributed by atoms with E-state index in [1.807, 2.05) is 0 Å². The number of hydrogen-bond donors (Lipinski definition) is 1. The molecule has 2 rings (SSSR count). The molecule has 0 saturated carbocycles. The van der Waals surface area contributed by atoms with Gasteiger partial charge in [-0.1, -0.05) is 12.1 Å². The Morgan fingerprint density at radius 3 is 2.52 bits per heavy atom. The first-order chi connectivity index (χ1) is 11.8. The maximum Gasteiger partial charge on any atom is 0.341 e. The van der Waals surface area contributed by atoms with Gasteiger partial charge in [0.2, 0.25) is 15.9 Å². The van der Waals surface area contributed by atoms with Crippen molar-refractivity contribution in [1.29, 1.82) is 0 Å². The van der Waals surface area contributed by atoms with Crippen LogP contribution in [0.4, 0.5) is 0 Å². The number of aliphatic carboxylic acids is 1. The fourth-order valence-corrected chi connectivity index (χ4v) is 4.08. The highest BCUT2D eigenvalue weighted by atomic mass is 32.2. The summed E-state index contributed by atoms with van der Waals surface area (Å²) in [5, 5.41) is 8.56. The summed E-state index contributed by atoms with van der Waals surface area (Å²) in [6, 6.07) is 6.80. The third-order valence-corrected chi connectivity index (χ3v) is 5.87. The first kappa shape index (κ1) is 19.2. The molecule has 25 heavy (non-hydrogen) atoms. The first-order valence-electron chi connectivity index (χ1n) is 7.93. The number of carboxylic acids is 1. The molecule has 0 radical (unpaired) electrons. The minimum absolute atomic E-state index is 0.131. The summed E-state index contributed by atoms with van der Waals surface area (Å²) in [5.74, 6) is -0.574. The van der Waals surface area contributed by atoms with E-state index in [1.165, 1.54) is 9.21 Å². The van der Waals surface area contributed by atoms with Crippen LogP contribution in [0.5, 0.6) is 5.75 Å². The second kappa shape index (κ2) is 8.30. The lowest BCUT2D eigenvalue weighted by molar-refractivity contribution is -0.139. The van der Waals surface area contributed by atoms with Gasteiger partial charge >= 0.3 is 5.97 Å². The molecule has 1 fully saturated rings. The zero-order chi connectivity index (χ0) is 18.4. The lowest BCUT2D eigenvalue weighted by Crippen LogP contribution is -2.32. The minimum atomic E-state index is -3.18. The predicted molar refractivity (Wildman–Crippen MR) is 90.6 cm³/mol. The highest BCUT2D eigenvalue weighted by molar-refractivity contribution is 7.89. The smallest absolute Gasteiger partial charge is 0.341 e. The van der Waals surface area contributed by atoms with Gasteiger partial charge < -0.3 is 14.7 Å². The highest BCUT2D eigenvalue weighted by Gasteiger charge is 2.28. The van der Waals surface area contributed by atoms with Crippen LogP contribution in [0.25, 0.3) is 0 Å². The van der Waals surface area contributed by atoms with E-state index in [4.69, 9.17) is 9.84 Å². The molecular formula is C16H22N2O6S. The summed E-state index contributed by atoms with van der Waals surface area (Å²) in [6.45, 7) is 0.673. The van der Waals surface area contributed by atoms with Crippen LogP contribution in [0.2, 0.25) is 0 Å². The lowest BCUT2D eigenvalue weighted by atomic mass is 10.2. The van der Waals surface area contributed by atoms with E-state index in [9.17, 15) is 18.0 Å². The molecule has 1 aromatic carbocycles. The van der Waals surface area contributed by atoms with Crippen molar-refractivity contribution >= 4 is 21.9 Å². The number of hydrogen-bond acceptors (Lipinski definition) is 5. The number of nitrogens with zero attached hydrogens (tertiary/aromatic N) is 2. The van der Waals surface area contributed by atoms with Crippen LogP contribution in [0.3, 0.4) is 0 Å². The van der Waals surface area contributed by atoms with Crippen molar-refractivity contribution in [3.05, 3.63) is 29.8 Å². The van der Waals surface area contributed by atoms with E-state index in [1.54, 1.807) is 31.3 Å². The van der Waals surface area contributed by atoms with Gasteiger partial charge in [0, 0.05) is 33.1 Å². The Labute approximate surface area is 147 Å². The molecular weight excluding hydrogens is 348 g/mol. The molecule has 9 heteroatoms. The van der Waals surface area contributed by atoms with E-state index in [0.717, 1.165) is 5.56 Å². The Kier molecular flexibility index (Phi) is 6.38. The third-order valence-electron chi connectivity index (χ3n) is 3.91. The quantitative estimate of drug-likeness (QED) is 0.716. The Bertz CT molecular complexity index is 717. The summed E-state index contributed by atoms with van der Waals surface area (Å²) < 4.78 is 29.8. The normalized spacial score (nSPS) is 16.5. The molecule has 8 nitrogen and oxygen atoms in total. The van der Waals surface area contributed by atoms with Gasteiger partial charge in [0.15, 0.2) is 6.61 Å². The molecule has 1 N–H and O–H groups in total. The molecule has 0 bridgehead atoms. The van der Waals surface area contributed by atoms with Gasteiger partial charge in [0.05, 0.1) is 5.75 Å². The summed E-state index contributed by atoms with van der Waals surface area (Å²) in [7, 11) is -1.51. The van der Waals surface area contributed by atoms with E-state index in [-0.39, 0.29) is 24.6 Å². The third kappa shape index (κ3) is 5.71. The molecule has 1 aliphatic heterocycles. The number of amides is 1. The van der Waals surface area contributed by atoms with Crippen molar-refractivity contribution in [2.24, 2.45) is 0 Å². The van der Waals surface area contributed by atoms with Gasteiger partial charge in [-0.25, -0.2) is 17.5 Å². The lowest BCUT2D eigenvalue weighted by Gasteiger charge is -2.19. The van der Waals surface area contributed by atoms with Gasteiger partial charge in [-0.3, -0.25) is 4.79 Å². The second-order valence-electron chi connectivity index (χ2n) is 5.89. The number of carboxylic acid groups (broad SMARTS) is 1. The van der Waals surface area contributed by atoms with Crippen LogP contribution < -0.4 is 4.74 Å². The molecule has 1 amide bonds. The predicted octanol–water partition coefficient (Wildman–Crippen LogP) is 0.534. The van der Waals surface area contributed by atoms with Crippen molar-refractivity contribution in [3.8, 4) is 5.75 Å². The van der Waals surface area contributed by atoms with E-state index >= 15 is 0 Å². The molecule has 1 aliphatic rings. The average Bonchev–Trinajstić information content (AvgIpc) is 2.90. The number of ether oxygens (including phenoxy) is 1. The maximum absolute atomic E-state index is 12.2. The van der Waals surface area contributed by atoms with Crippen LogP contribution in [0.15, 0.2) is 24.3 Å². The Balaban J connectivity index is 1.81. The average molecular weight is 370 g/mol. The molecule has 1 saturated heterocycles. The van der Waals surface area contributed by atoms with Gasteiger partial charge in [0.1, 0.15) is 5.75 Å². The Morgan fingerprint density at radius 2 is 1.96 bits per heavy atom. The van der Waals surface area contributed by atoms with Crippen LogP contribution in [-0.4, -0.2) is 67.1 Å². The van der Waals surface area contributed by atoms with Gasteiger partial charge in [-0.15, -0.1) is 0 Å². The zero-order valence-corrected chi connectivity index (χ0v) is 14.9. The monoisotopic (exact) mass is 370 g/mol. The topological polar surface area (TPSA) is 104 Å². The number of benzene rings is 1. The minimum Gasteiger partial charge on any atom is -0.482 e. The number of carbonyl (C=O) groups is 2. The summed E-state index contributed by atoms with van der Waals surface area (Å²) in [4.78, 5) is 24.2. The number of rotatable bonds is 8. The second-order valence-corrected chi connectivity index (χ2v) is 7.98. The van der Waals surface area contributed by atoms with E-state index < -0.39 is 22.6 Å². The van der Waals surface area contributed by atoms with Gasteiger partial charge in [0.25, 0.3) is 0 Å². The maximum atomic E-state index is 12.2. The van der Waals surface area contributed by atoms with Crippen LogP contribution in [0.1, 0.15) is 18.4 Å². The van der Waals surface area contributed by atoms with Gasteiger partial charge in [-0.2, -0.15) is 0 Å². The molecule has 1 heterocycles. The Morgan fingerprint density at radius 1 is 1.28 bits per heavy atom. The summed E-state index contributed by atoms with van der Waals surface area (Å²) in [5.41, 5.74) is 0.868. The molecule has 0 unspecified atom stereocenters. The van der Waals surface area contributed by atoms with Crippen LogP contribution in [0, 0.1) is 0 Å². The van der Waals surface area contributed by atoms with Crippen LogP contribution >= 0.6 is 0 Å². The first-order valence-corrected chi connectivity index (χ1v) is 9.54. The fraction of sp³-hybridized carbons (Fsp3) is 0.500. The summed E-state index contributed by atoms with van der Waals surface area (Å²) >= 11 is 0. The van der Waals surface area contributed by atoms with Crippen molar-refractivity contribution < 1.29 is 27.9 Å². The number of sulfonamides is 1. The molecule has 0 aromatic heterocycles. The standard InChI is InChI=1S/C16H22N2O6S/c1-17(15(19)7-9-18-8-2-10-25(18,22)23)11-13-3-5-14(6-4-13)24-12-16(20)21/h3-6H,2,7-12H2,1H3,(H,20,21). The van der Waals surface area contributed by atoms with Crippen molar-refractivity contribution in [3.63, 3.8) is 0 Å². The molecule has 0 spiro atoms. The highest BCUT2D eigenvalue weighted by Crippen LogP contribution is 2.15. The van der Waals surface area contributed by atoms with Crippen molar-refractivity contribution in [2.75, 3.05) is 32.5 Å². The molecule has 0 aliphatic carbocycles. The molecule has 1 aromatic rings. The van der Waals surface area contributed by atoms with Crippen LogP contribution in [-0.2, 0) is 26.2 Å². The zero-order valence-electron chi connectivity index (χ0n) is 14.1. The molecule has 0 atom stereocenters. The fourth-order valence-electron chi connectivity index (χ4n) is 2.55. The molecule has 138 valence electrons. The van der Waals surface area contributed by atoms with Gasteiger partial charge in [-0.05, 0) is 24.1 Å².